The van der Waals surface area contributed by atoms with Crippen molar-refractivity contribution < 1.29 is 4.74 Å². The first-order valence-electron chi connectivity index (χ1n) is 6.66. The Morgan fingerprint density at radius 1 is 1.19 bits per heavy atom. The van der Waals surface area contributed by atoms with E-state index >= 15 is 0 Å². The molecule has 2 N–H and O–H groups in total. The van der Waals surface area contributed by atoms with E-state index in [2.05, 4.69) is 18.7 Å². The van der Waals surface area contributed by atoms with E-state index in [-0.39, 0.29) is 5.54 Å². The van der Waals surface area contributed by atoms with Crippen molar-refractivity contribution in [3.63, 3.8) is 0 Å². The quantitative estimate of drug-likeness (QED) is 0.774. The zero-order chi connectivity index (χ0) is 11.6. The Hall–Kier alpha value is -0.120. The molecule has 0 radical (unpaired) electrons. The molecule has 1 aliphatic heterocycles. The fourth-order valence-electron chi connectivity index (χ4n) is 2.37. The summed E-state index contributed by atoms with van der Waals surface area (Å²) in [5.41, 5.74) is 5.97. The van der Waals surface area contributed by atoms with Gasteiger partial charge in [0.1, 0.15) is 0 Å². The lowest BCUT2D eigenvalue weighted by molar-refractivity contribution is -0.000406. The third kappa shape index (κ3) is 4.40. The molecule has 1 aliphatic carbocycles. The minimum atomic E-state index is -0.0678. The fraction of sp³-hybridized carbons (Fsp3) is 1.00. The molecular formula is C13H26N2O. The highest BCUT2D eigenvalue weighted by molar-refractivity contribution is 4.81. The number of nitrogens with zero attached hydrogens (tertiary/aromatic N) is 1. The smallest absolute Gasteiger partial charge is 0.0599 e. The number of rotatable bonds is 5. The summed E-state index contributed by atoms with van der Waals surface area (Å²) in [6.07, 6.45) is 5.66. The molecule has 0 atom stereocenters. The van der Waals surface area contributed by atoms with E-state index in [1.807, 2.05) is 0 Å². The van der Waals surface area contributed by atoms with Crippen LogP contribution >= 0.6 is 0 Å². The molecule has 0 spiro atoms. The van der Waals surface area contributed by atoms with Crippen LogP contribution in [0, 0.1) is 5.92 Å². The standard InChI is InChI=1S/C13H26N2O/c1-13(2,14)10-15-7-5-12(6-8-15)16-9-11-3-4-11/h11-12H,3-10,14H2,1-2H3. The molecule has 2 aliphatic rings. The maximum Gasteiger partial charge on any atom is 0.0599 e. The van der Waals surface area contributed by atoms with Crippen LogP contribution in [0.1, 0.15) is 39.5 Å². The van der Waals surface area contributed by atoms with Crippen LogP contribution in [0.2, 0.25) is 0 Å². The van der Waals surface area contributed by atoms with Crippen LogP contribution in [0.3, 0.4) is 0 Å². The van der Waals surface area contributed by atoms with E-state index in [9.17, 15) is 0 Å². The molecule has 1 heterocycles. The van der Waals surface area contributed by atoms with Gasteiger partial charge in [-0.2, -0.15) is 0 Å². The molecule has 0 bridgehead atoms. The Kier molecular flexibility index (Phi) is 3.88. The summed E-state index contributed by atoms with van der Waals surface area (Å²) in [5, 5.41) is 0. The van der Waals surface area contributed by atoms with Gasteiger partial charge >= 0.3 is 0 Å². The van der Waals surface area contributed by atoms with E-state index in [4.69, 9.17) is 10.5 Å². The van der Waals surface area contributed by atoms with Gasteiger partial charge < -0.3 is 15.4 Å². The minimum Gasteiger partial charge on any atom is -0.378 e. The van der Waals surface area contributed by atoms with Crippen molar-refractivity contribution in [3.05, 3.63) is 0 Å². The van der Waals surface area contributed by atoms with Gasteiger partial charge in [-0.1, -0.05) is 0 Å². The monoisotopic (exact) mass is 226 g/mol. The van der Waals surface area contributed by atoms with Gasteiger partial charge in [0.25, 0.3) is 0 Å². The van der Waals surface area contributed by atoms with Gasteiger partial charge in [0, 0.05) is 31.8 Å². The molecule has 0 unspecified atom stereocenters. The van der Waals surface area contributed by atoms with E-state index in [0.717, 1.165) is 32.2 Å². The lowest BCUT2D eigenvalue weighted by atomic mass is 10.0. The van der Waals surface area contributed by atoms with Crippen molar-refractivity contribution in [3.8, 4) is 0 Å². The number of ether oxygens (including phenoxy) is 1. The summed E-state index contributed by atoms with van der Waals surface area (Å²) in [4.78, 5) is 2.47. The molecular weight excluding hydrogens is 200 g/mol. The predicted molar refractivity (Wildman–Crippen MR) is 66.4 cm³/mol. The van der Waals surface area contributed by atoms with E-state index in [0.29, 0.717) is 6.10 Å². The van der Waals surface area contributed by atoms with Crippen LogP contribution in [0.4, 0.5) is 0 Å². The number of nitrogens with two attached hydrogens (primary N) is 1. The van der Waals surface area contributed by atoms with Gasteiger partial charge in [-0.25, -0.2) is 0 Å². The summed E-state index contributed by atoms with van der Waals surface area (Å²) in [6, 6.07) is 0. The van der Waals surface area contributed by atoms with Crippen LogP contribution in [-0.4, -0.2) is 42.8 Å². The summed E-state index contributed by atoms with van der Waals surface area (Å²) in [5.74, 6) is 0.890. The second-order valence-corrected chi connectivity index (χ2v) is 6.24. The zero-order valence-electron chi connectivity index (χ0n) is 10.7. The molecule has 2 rings (SSSR count). The predicted octanol–water partition coefficient (Wildman–Crippen LogP) is 1.61. The normalized spacial score (nSPS) is 24.9. The lowest BCUT2D eigenvalue weighted by Gasteiger charge is -2.35. The Morgan fingerprint density at radius 3 is 2.31 bits per heavy atom. The number of likely N-dealkylation sites (tertiary alicyclic amines) is 1. The first kappa shape index (κ1) is 12.3. The Balaban J connectivity index is 1.61. The average molecular weight is 226 g/mol. The summed E-state index contributed by atoms with van der Waals surface area (Å²) >= 11 is 0. The molecule has 1 saturated heterocycles. The lowest BCUT2D eigenvalue weighted by Crippen LogP contribution is -2.48. The van der Waals surface area contributed by atoms with Gasteiger partial charge in [-0.3, -0.25) is 0 Å². The molecule has 0 aromatic carbocycles. The van der Waals surface area contributed by atoms with Crippen LogP contribution in [0.5, 0.6) is 0 Å². The van der Waals surface area contributed by atoms with Crippen molar-refractivity contribution in [1.82, 2.24) is 4.90 Å². The number of piperidine rings is 1. The topological polar surface area (TPSA) is 38.5 Å². The second-order valence-electron chi connectivity index (χ2n) is 6.24. The van der Waals surface area contributed by atoms with Gasteiger partial charge in [0.2, 0.25) is 0 Å². The second kappa shape index (κ2) is 5.03. The zero-order valence-corrected chi connectivity index (χ0v) is 10.7. The first-order chi connectivity index (χ1) is 7.53. The van der Waals surface area contributed by atoms with Crippen molar-refractivity contribution in [2.24, 2.45) is 11.7 Å². The molecule has 2 fully saturated rings. The summed E-state index contributed by atoms with van der Waals surface area (Å²) in [7, 11) is 0. The summed E-state index contributed by atoms with van der Waals surface area (Å²) < 4.78 is 5.93. The van der Waals surface area contributed by atoms with E-state index < -0.39 is 0 Å². The first-order valence-corrected chi connectivity index (χ1v) is 6.66. The highest BCUT2D eigenvalue weighted by atomic mass is 16.5. The molecule has 0 aromatic rings. The van der Waals surface area contributed by atoms with Crippen molar-refractivity contribution in [2.75, 3.05) is 26.2 Å². The van der Waals surface area contributed by atoms with E-state index in [1.165, 1.54) is 25.7 Å². The van der Waals surface area contributed by atoms with Gasteiger partial charge in [0.05, 0.1) is 6.10 Å². The molecule has 16 heavy (non-hydrogen) atoms. The van der Waals surface area contributed by atoms with Crippen LogP contribution in [0.15, 0.2) is 0 Å². The fourth-order valence-corrected chi connectivity index (χ4v) is 2.37. The highest BCUT2D eigenvalue weighted by Crippen LogP contribution is 2.30. The Labute approximate surface area is 99.3 Å². The molecule has 94 valence electrons. The summed E-state index contributed by atoms with van der Waals surface area (Å²) in [6.45, 7) is 8.51. The number of hydrogen-bond donors (Lipinski definition) is 1. The molecule has 0 aromatic heterocycles. The number of hydrogen-bond acceptors (Lipinski definition) is 3. The maximum absolute atomic E-state index is 6.03. The highest BCUT2D eigenvalue weighted by Gasteiger charge is 2.26. The average Bonchev–Trinajstić information content (AvgIpc) is 2.98. The van der Waals surface area contributed by atoms with Gasteiger partial charge in [0.15, 0.2) is 0 Å². The Bertz CT molecular complexity index is 212. The molecule has 0 amide bonds. The third-order valence-corrected chi connectivity index (χ3v) is 3.43. The van der Waals surface area contributed by atoms with E-state index in [1.54, 1.807) is 0 Å². The Morgan fingerprint density at radius 2 is 1.81 bits per heavy atom. The van der Waals surface area contributed by atoms with Crippen LogP contribution in [0.25, 0.3) is 0 Å². The minimum absolute atomic E-state index is 0.0678. The molecule has 3 nitrogen and oxygen atoms in total. The van der Waals surface area contributed by atoms with Gasteiger partial charge in [-0.05, 0) is 45.4 Å². The molecule has 3 heteroatoms. The largest absolute Gasteiger partial charge is 0.378 e. The maximum atomic E-state index is 6.03. The molecule has 1 saturated carbocycles. The SMILES string of the molecule is CC(C)(N)CN1CCC(OCC2CC2)CC1. The third-order valence-electron chi connectivity index (χ3n) is 3.43. The van der Waals surface area contributed by atoms with Crippen LogP contribution in [-0.2, 0) is 4.74 Å². The van der Waals surface area contributed by atoms with Crippen molar-refractivity contribution in [2.45, 2.75) is 51.2 Å². The van der Waals surface area contributed by atoms with Crippen molar-refractivity contribution in [1.29, 1.82) is 0 Å². The van der Waals surface area contributed by atoms with Crippen LogP contribution < -0.4 is 5.73 Å². The van der Waals surface area contributed by atoms with Gasteiger partial charge in [-0.15, -0.1) is 0 Å². The van der Waals surface area contributed by atoms with Crippen molar-refractivity contribution >= 4 is 0 Å².